The first-order valence-corrected chi connectivity index (χ1v) is 12.2. The van der Waals surface area contributed by atoms with E-state index in [1.807, 2.05) is 24.3 Å². The number of carboxylic acids is 1. The molecule has 1 amide bonds. The number of benzene rings is 2. The third-order valence-electron chi connectivity index (χ3n) is 6.08. The molecular formula is C24H28N2O9S. The molecule has 0 bridgehead atoms. The highest BCUT2D eigenvalue weighted by molar-refractivity contribution is 7.99. The van der Waals surface area contributed by atoms with Crippen molar-refractivity contribution in [3.8, 4) is 5.75 Å². The summed E-state index contributed by atoms with van der Waals surface area (Å²) in [6, 6.07) is 13.8. The zero-order valence-electron chi connectivity index (χ0n) is 19.3. The van der Waals surface area contributed by atoms with Gasteiger partial charge in [0.2, 0.25) is 6.29 Å². The van der Waals surface area contributed by atoms with E-state index in [-0.39, 0.29) is 5.75 Å². The van der Waals surface area contributed by atoms with Gasteiger partial charge in [-0.05, 0) is 36.9 Å². The third kappa shape index (κ3) is 5.20. The predicted molar refractivity (Wildman–Crippen MR) is 129 cm³/mol. The van der Waals surface area contributed by atoms with E-state index in [0.717, 1.165) is 10.6 Å². The molecule has 11 nitrogen and oxygen atoms in total. The number of ether oxygens (including phenoxy) is 2. The van der Waals surface area contributed by atoms with Gasteiger partial charge >= 0.3 is 5.97 Å². The molecule has 6 N–H and O–H groups in total. The lowest BCUT2D eigenvalue weighted by molar-refractivity contribution is -0.271. The molecule has 2 aliphatic heterocycles. The number of hydrogen-bond donors (Lipinski definition) is 6. The fourth-order valence-electron chi connectivity index (χ4n) is 4.11. The minimum atomic E-state index is -1.82. The number of amides is 1. The molecule has 0 unspecified atom stereocenters. The summed E-state index contributed by atoms with van der Waals surface area (Å²) in [7, 11) is 1.79. The van der Waals surface area contributed by atoms with Gasteiger partial charge in [-0.3, -0.25) is 4.79 Å². The molecule has 1 fully saturated rings. The molecule has 1 saturated heterocycles. The second-order valence-electron chi connectivity index (χ2n) is 8.47. The summed E-state index contributed by atoms with van der Waals surface area (Å²) in [5, 5.41) is 52.5. The van der Waals surface area contributed by atoms with E-state index >= 15 is 0 Å². The van der Waals surface area contributed by atoms with Gasteiger partial charge in [0.15, 0.2) is 6.10 Å². The van der Waals surface area contributed by atoms with Crippen molar-refractivity contribution >= 4 is 29.3 Å². The van der Waals surface area contributed by atoms with Crippen LogP contribution in [0.4, 0.5) is 5.69 Å². The van der Waals surface area contributed by atoms with Crippen LogP contribution in [0, 0.1) is 0 Å². The highest BCUT2D eigenvalue weighted by atomic mass is 32.2. The number of carbonyl (C=O) groups excluding carboxylic acids is 1. The maximum atomic E-state index is 13.2. The molecule has 194 valence electrons. The zero-order valence-corrected chi connectivity index (χ0v) is 20.1. The van der Waals surface area contributed by atoms with E-state index in [1.165, 1.54) is 23.9 Å². The topological polar surface area (TPSA) is 169 Å². The summed E-state index contributed by atoms with van der Waals surface area (Å²) in [4.78, 5) is 26.9. The standard InChI is InChI=1S/C24H28N2O9S/c1-25-10-11-26-14-4-2-3-5-15(14)36-21(19(30)22(26)31)12-6-8-13(9-7-12)34-24-18(29)16(27)17(28)20(35-24)23(32)33/h2-9,16-21,24-25,27-30H,10-11H2,1H3,(H,32,33)/t16-,17-,18+,19+,20-,21-,24+/m0/s1. The van der Waals surface area contributed by atoms with E-state index in [2.05, 4.69) is 5.32 Å². The summed E-state index contributed by atoms with van der Waals surface area (Å²) in [6.07, 6.45) is -9.92. The van der Waals surface area contributed by atoms with Crippen molar-refractivity contribution in [2.45, 2.75) is 47.0 Å². The van der Waals surface area contributed by atoms with Gasteiger partial charge in [0.05, 0.1) is 10.9 Å². The molecule has 2 aliphatic rings. The Morgan fingerprint density at radius 1 is 1.06 bits per heavy atom. The lowest BCUT2D eigenvalue weighted by Crippen LogP contribution is -2.61. The van der Waals surface area contributed by atoms with Crippen molar-refractivity contribution in [3.63, 3.8) is 0 Å². The fourth-order valence-corrected chi connectivity index (χ4v) is 5.38. The SMILES string of the molecule is CNCCN1C(=O)[C@H](O)[C@H](c2ccc(O[C@@H]3O[C@H](C(=O)O)[C@@H](O)[C@H](O)[C@H]3O)cc2)Sc2ccccc21. The Labute approximate surface area is 211 Å². The van der Waals surface area contributed by atoms with Crippen LogP contribution in [0.5, 0.6) is 5.75 Å². The van der Waals surface area contributed by atoms with Crippen LogP contribution in [0.1, 0.15) is 10.8 Å². The summed E-state index contributed by atoms with van der Waals surface area (Å²) in [6.45, 7) is 0.947. The van der Waals surface area contributed by atoms with Gasteiger partial charge in [-0.2, -0.15) is 0 Å². The van der Waals surface area contributed by atoms with E-state index in [1.54, 1.807) is 24.1 Å². The lowest BCUT2D eigenvalue weighted by Gasteiger charge is -2.38. The van der Waals surface area contributed by atoms with E-state index in [0.29, 0.717) is 18.7 Å². The quantitative estimate of drug-likeness (QED) is 0.284. The van der Waals surface area contributed by atoms with Crippen molar-refractivity contribution in [1.29, 1.82) is 0 Å². The number of carbonyl (C=O) groups is 2. The van der Waals surface area contributed by atoms with Crippen molar-refractivity contribution in [2.75, 3.05) is 25.0 Å². The summed E-state index contributed by atoms with van der Waals surface area (Å²) < 4.78 is 10.7. The van der Waals surface area contributed by atoms with Gasteiger partial charge in [-0.25, -0.2) is 4.79 Å². The first-order valence-electron chi connectivity index (χ1n) is 11.3. The number of aliphatic hydroxyl groups excluding tert-OH is 4. The number of rotatable bonds is 7. The molecule has 0 aliphatic carbocycles. The highest BCUT2D eigenvalue weighted by Crippen LogP contribution is 2.45. The van der Waals surface area contributed by atoms with Gasteiger partial charge in [-0.15, -0.1) is 11.8 Å². The number of likely N-dealkylation sites (N-methyl/N-ethyl adjacent to an activating group) is 1. The van der Waals surface area contributed by atoms with E-state index in [4.69, 9.17) is 9.47 Å². The Bertz CT molecular complexity index is 1090. The van der Waals surface area contributed by atoms with Crippen LogP contribution in [0.3, 0.4) is 0 Å². The lowest BCUT2D eigenvalue weighted by atomic mass is 9.99. The Morgan fingerprint density at radius 3 is 2.42 bits per heavy atom. The minimum Gasteiger partial charge on any atom is -0.479 e. The van der Waals surface area contributed by atoms with Crippen molar-refractivity contribution in [2.24, 2.45) is 0 Å². The van der Waals surface area contributed by atoms with Crippen LogP contribution in [-0.2, 0) is 14.3 Å². The van der Waals surface area contributed by atoms with Gasteiger partial charge in [0.1, 0.15) is 30.2 Å². The second-order valence-corrected chi connectivity index (χ2v) is 9.65. The van der Waals surface area contributed by atoms with Crippen LogP contribution in [0.15, 0.2) is 53.4 Å². The number of hydrogen-bond acceptors (Lipinski definition) is 10. The van der Waals surface area contributed by atoms with Crippen LogP contribution in [0.25, 0.3) is 0 Å². The number of nitrogens with zero attached hydrogens (tertiary/aromatic N) is 1. The molecule has 36 heavy (non-hydrogen) atoms. The number of thioether (sulfide) groups is 1. The number of anilines is 1. The third-order valence-corrected chi connectivity index (χ3v) is 7.46. The molecule has 0 saturated carbocycles. The molecule has 7 atom stereocenters. The Balaban J connectivity index is 1.54. The average molecular weight is 521 g/mol. The number of nitrogens with one attached hydrogen (secondary N) is 1. The maximum absolute atomic E-state index is 13.2. The molecule has 2 aromatic rings. The monoisotopic (exact) mass is 520 g/mol. The number of fused-ring (bicyclic) bond motifs is 1. The van der Waals surface area contributed by atoms with Crippen molar-refractivity contribution in [1.82, 2.24) is 5.32 Å². The summed E-state index contributed by atoms with van der Waals surface area (Å²) in [5.41, 5.74) is 1.36. The van der Waals surface area contributed by atoms with Crippen LogP contribution in [0.2, 0.25) is 0 Å². The second kappa shape index (κ2) is 11.1. The maximum Gasteiger partial charge on any atom is 0.335 e. The normalized spacial score (nSPS) is 30.4. The Kier molecular flexibility index (Phi) is 8.15. The van der Waals surface area contributed by atoms with Crippen LogP contribution < -0.4 is 15.0 Å². The molecule has 12 heteroatoms. The Hall–Kier alpha value is -2.71. The first kappa shape index (κ1) is 26.4. The minimum absolute atomic E-state index is 0.186. The van der Waals surface area contributed by atoms with E-state index in [9.17, 15) is 35.1 Å². The highest BCUT2D eigenvalue weighted by Gasteiger charge is 2.48. The smallest absolute Gasteiger partial charge is 0.335 e. The molecule has 4 rings (SSSR count). The summed E-state index contributed by atoms with van der Waals surface area (Å²) in [5.74, 6) is -1.74. The molecule has 2 heterocycles. The van der Waals surface area contributed by atoms with Gasteiger partial charge in [0, 0.05) is 18.0 Å². The molecule has 0 spiro atoms. The van der Waals surface area contributed by atoms with Gasteiger partial charge < -0.3 is 45.2 Å². The van der Waals surface area contributed by atoms with Gasteiger partial charge in [-0.1, -0.05) is 24.3 Å². The predicted octanol–water partition coefficient (Wildman–Crippen LogP) is -0.282. The van der Waals surface area contributed by atoms with E-state index < -0.39 is 53.9 Å². The van der Waals surface area contributed by atoms with Crippen molar-refractivity contribution < 1.29 is 44.6 Å². The molecule has 0 radical (unpaired) electrons. The first-order chi connectivity index (χ1) is 17.2. The zero-order chi connectivity index (χ0) is 26.0. The number of aliphatic hydroxyl groups is 4. The van der Waals surface area contributed by atoms with Crippen molar-refractivity contribution in [3.05, 3.63) is 54.1 Å². The Morgan fingerprint density at radius 2 is 1.75 bits per heavy atom. The van der Waals surface area contributed by atoms with Gasteiger partial charge in [0.25, 0.3) is 5.91 Å². The van der Waals surface area contributed by atoms with Crippen LogP contribution in [-0.4, -0.2) is 94.4 Å². The summed E-state index contributed by atoms with van der Waals surface area (Å²) >= 11 is 1.36. The number of carboxylic acid groups (broad SMARTS) is 1. The fraction of sp³-hybridized carbons (Fsp3) is 0.417. The average Bonchev–Trinajstić information content (AvgIpc) is 2.98. The van der Waals surface area contributed by atoms with Crippen LogP contribution >= 0.6 is 11.8 Å². The largest absolute Gasteiger partial charge is 0.479 e. The number of para-hydroxylation sites is 1. The number of aliphatic carboxylic acids is 1. The molecular weight excluding hydrogens is 492 g/mol. The molecule has 0 aromatic heterocycles. The molecule has 2 aromatic carbocycles.